The van der Waals surface area contributed by atoms with Crippen LogP contribution in [0.3, 0.4) is 0 Å². The third-order valence-electron chi connectivity index (χ3n) is 7.48. The molecule has 0 radical (unpaired) electrons. The number of hydrogen-bond acceptors (Lipinski definition) is 5. The molecule has 2 amide bonds. The van der Waals surface area contributed by atoms with Crippen molar-refractivity contribution >= 4 is 17.7 Å². The van der Waals surface area contributed by atoms with Crippen molar-refractivity contribution in [1.29, 1.82) is 0 Å². The molecule has 2 atom stereocenters. The molecule has 0 aromatic heterocycles. The lowest BCUT2D eigenvalue weighted by Crippen LogP contribution is -2.49. The molecule has 3 aromatic rings. The van der Waals surface area contributed by atoms with E-state index in [9.17, 15) is 22.8 Å². The van der Waals surface area contributed by atoms with E-state index in [2.05, 4.69) is 18.5 Å². The average molecular weight is 604 g/mol. The zero-order valence-corrected chi connectivity index (χ0v) is 24.4. The lowest BCUT2D eigenvalue weighted by atomic mass is 9.88. The first-order chi connectivity index (χ1) is 21.0. The van der Waals surface area contributed by atoms with Gasteiger partial charge < -0.3 is 14.8 Å². The number of nitrogens with zero attached hydrogens (tertiary/aromatic N) is 2. The van der Waals surface area contributed by atoms with Gasteiger partial charge in [0.2, 0.25) is 0 Å². The minimum atomic E-state index is -4.61. The van der Waals surface area contributed by atoms with Crippen molar-refractivity contribution in [3.8, 4) is 0 Å². The van der Waals surface area contributed by atoms with Crippen molar-refractivity contribution in [1.82, 2.24) is 10.2 Å². The van der Waals surface area contributed by atoms with E-state index < -0.39 is 36.4 Å². The van der Waals surface area contributed by atoms with Crippen LogP contribution in [0.5, 0.6) is 0 Å². The molecule has 5 rings (SSSR count). The third-order valence-corrected chi connectivity index (χ3v) is 7.48. The second-order valence-electron chi connectivity index (χ2n) is 10.7. The van der Waals surface area contributed by atoms with Crippen molar-refractivity contribution in [2.45, 2.75) is 38.7 Å². The summed E-state index contributed by atoms with van der Waals surface area (Å²) in [5.74, 6) is -0.855. The van der Waals surface area contributed by atoms with E-state index in [0.717, 1.165) is 29.8 Å². The van der Waals surface area contributed by atoms with E-state index in [4.69, 9.17) is 9.47 Å². The van der Waals surface area contributed by atoms with E-state index in [1.165, 1.54) is 21.9 Å². The monoisotopic (exact) mass is 603 g/mol. The number of ether oxygens (including phenoxy) is 2. The SMILES string of the molecule is C=C(C)C1=C(C)N(c2cccc(C(F)(F)F)c2)C(=O)N(C(=C)OCC(=O)OCc2ccccc2)C1c1ccc(C2CN2)cc1. The molecule has 0 spiro atoms. The standard InChI is InChI=1S/C34H32F3N3O4/c1-21(2)31-22(3)39(28-12-8-11-27(17-28)34(35,36)37)33(42)40(32(31)26-15-13-25(14-16-26)29-18-38-29)23(4)43-20-30(41)44-19-24-9-6-5-7-10-24/h5-17,29,32,38H,1,4,18-20H2,2-3H3. The average Bonchev–Trinajstić information content (AvgIpc) is 3.84. The number of rotatable bonds is 10. The largest absolute Gasteiger partial charge is 0.467 e. The molecule has 2 heterocycles. The van der Waals surface area contributed by atoms with E-state index in [-0.39, 0.29) is 24.2 Å². The number of esters is 1. The van der Waals surface area contributed by atoms with Crippen LogP contribution in [-0.2, 0) is 27.1 Å². The number of hydrogen-bond donors (Lipinski definition) is 1. The second kappa shape index (κ2) is 12.4. The lowest BCUT2D eigenvalue weighted by molar-refractivity contribution is -0.149. The minimum Gasteiger partial charge on any atom is -0.467 e. The van der Waals surface area contributed by atoms with E-state index in [0.29, 0.717) is 22.4 Å². The van der Waals surface area contributed by atoms with Crippen LogP contribution in [0.1, 0.15) is 48.2 Å². The Morgan fingerprint density at radius 3 is 2.25 bits per heavy atom. The van der Waals surface area contributed by atoms with Crippen molar-refractivity contribution in [2.75, 3.05) is 18.1 Å². The highest BCUT2D eigenvalue weighted by Crippen LogP contribution is 2.44. The number of halogens is 3. The summed E-state index contributed by atoms with van der Waals surface area (Å²) in [6.07, 6.45) is -4.61. The molecule has 0 saturated carbocycles. The topological polar surface area (TPSA) is 81.0 Å². The Hall–Kier alpha value is -4.83. The van der Waals surface area contributed by atoms with Crippen molar-refractivity contribution in [2.24, 2.45) is 0 Å². The van der Waals surface area contributed by atoms with E-state index in [1.807, 2.05) is 54.6 Å². The summed E-state index contributed by atoms with van der Waals surface area (Å²) in [7, 11) is 0. The molecule has 2 aliphatic heterocycles. The fourth-order valence-corrected chi connectivity index (χ4v) is 5.24. The van der Waals surface area contributed by atoms with Gasteiger partial charge in [-0.3, -0.25) is 9.80 Å². The van der Waals surface area contributed by atoms with Crippen LogP contribution >= 0.6 is 0 Å². The van der Waals surface area contributed by atoms with Gasteiger partial charge in [0.05, 0.1) is 17.3 Å². The zero-order chi connectivity index (χ0) is 31.6. The summed E-state index contributed by atoms with van der Waals surface area (Å²) in [5, 5.41) is 3.25. The summed E-state index contributed by atoms with van der Waals surface area (Å²) in [6.45, 7) is 11.9. The number of carbonyl (C=O) groups excluding carboxylic acids is 2. The highest BCUT2D eigenvalue weighted by atomic mass is 19.4. The molecule has 7 nitrogen and oxygen atoms in total. The number of amides is 2. The van der Waals surface area contributed by atoms with Crippen LogP contribution in [0.25, 0.3) is 0 Å². The van der Waals surface area contributed by atoms with Crippen molar-refractivity contribution in [3.05, 3.63) is 137 Å². The molecule has 1 fully saturated rings. The Labute approximate surface area is 253 Å². The molecule has 44 heavy (non-hydrogen) atoms. The molecular weight excluding hydrogens is 571 g/mol. The van der Waals surface area contributed by atoms with Gasteiger partial charge in [-0.1, -0.05) is 72.8 Å². The molecule has 228 valence electrons. The molecule has 0 bridgehead atoms. The highest BCUT2D eigenvalue weighted by Gasteiger charge is 2.43. The highest BCUT2D eigenvalue weighted by molar-refractivity contribution is 5.98. The van der Waals surface area contributed by atoms with E-state index in [1.54, 1.807) is 13.8 Å². The third kappa shape index (κ3) is 6.55. The summed E-state index contributed by atoms with van der Waals surface area (Å²) < 4.78 is 51.9. The second-order valence-corrected chi connectivity index (χ2v) is 10.7. The fraction of sp³-hybridized carbons (Fsp3) is 0.235. The minimum absolute atomic E-state index is 0.00903. The predicted molar refractivity (Wildman–Crippen MR) is 160 cm³/mol. The number of allylic oxidation sites excluding steroid dienone is 1. The summed E-state index contributed by atoms with van der Waals surface area (Å²) >= 11 is 0. The van der Waals surface area contributed by atoms with Crippen LogP contribution in [0.15, 0.2) is 115 Å². The Balaban J connectivity index is 1.50. The van der Waals surface area contributed by atoms with Gasteiger partial charge in [0.15, 0.2) is 12.5 Å². The van der Waals surface area contributed by atoms with E-state index >= 15 is 0 Å². The maximum Gasteiger partial charge on any atom is 0.416 e. The Kier molecular flexibility index (Phi) is 8.64. The Morgan fingerprint density at radius 1 is 0.977 bits per heavy atom. The normalized spacial score (nSPS) is 18.2. The first-order valence-corrected chi connectivity index (χ1v) is 14.0. The van der Waals surface area contributed by atoms with Crippen LogP contribution < -0.4 is 10.2 Å². The molecule has 1 saturated heterocycles. The van der Waals surface area contributed by atoms with Crippen molar-refractivity contribution < 1.29 is 32.2 Å². The number of benzene rings is 3. The maximum absolute atomic E-state index is 14.3. The smallest absolute Gasteiger partial charge is 0.416 e. The molecule has 1 N–H and O–H groups in total. The van der Waals surface area contributed by atoms with Crippen LogP contribution in [0.2, 0.25) is 0 Å². The van der Waals surface area contributed by atoms with Gasteiger partial charge in [-0.25, -0.2) is 9.59 Å². The van der Waals surface area contributed by atoms with Gasteiger partial charge in [-0.2, -0.15) is 13.2 Å². The zero-order valence-electron chi connectivity index (χ0n) is 24.4. The van der Waals surface area contributed by atoms with Crippen LogP contribution in [-0.4, -0.2) is 30.1 Å². The quantitative estimate of drug-likeness (QED) is 0.148. The van der Waals surface area contributed by atoms with Crippen LogP contribution in [0, 0.1) is 0 Å². The first kappa shape index (κ1) is 30.6. The number of nitrogens with one attached hydrogen (secondary N) is 1. The Bertz CT molecular complexity index is 1610. The molecule has 2 unspecified atom stereocenters. The first-order valence-electron chi connectivity index (χ1n) is 14.0. The van der Waals surface area contributed by atoms with Crippen molar-refractivity contribution in [3.63, 3.8) is 0 Å². The van der Waals surface area contributed by atoms with Gasteiger partial charge in [0, 0.05) is 23.9 Å². The number of alkyl halides is 3. The fourth-order valence-electron chi connectivity index (χ4n) is 5.24. The van der Waals surface area contributed by atoms with Gasteiger partial charge in [0.1, 0.15) is 6.61 Å². The molecule has 3 aromatic carbocycles. The maximum atomic E-state index is 14.3. The van der Waals surface area contributed by atoms with Gasteiger partial charge in [-0.05, 0) is 55.3 Å². The molecule has 10 heteroatoms. The number of carbonyl (C=O) groups is 2. The van der Waals surface area contributed by atoms with Crippen LogP contribution in [0.4, 0.5) is 23.7 Å². The molecule has 0 aliphatic carbocycles. The van der Waals surface area contributed by atoms with Gasteiger partial charge >= 0.3 is 18.2 Å². The lowest BCUT2D eigenvalue weighted by Gasteiger charge is -2.44. The molecular formula is C34H32F3N3O4. The summed E-state index contributed by atoms with van der Waals surface area (Å²) in [6, 6.07) is 20.1. The van der Waals surface area contributed by atoms with Gasteiger partial charge in [-0.15, -0.1) is 0 Å². The van der Waals surface area contributed by atoms with Gasteiger partial charge in [0.25, 0.3) is 0 Å². The summed E-state index contributed by atoms with van der Waals surface area (Å²) in [4.78, 5) is 29.2. The number of urea groups is 1. The summed E-state index contributed by atoms with van der Waals surface area (Å²) in [5.41, 5.74) is 3.28. The predicted octanol–water partition coefficient (Wildman–Crippen LogP) is 7.41. The molecule has 2 aliphatic rings. The number of anilines is 1. The Morgan fingerprint density at radius 2 is 1.64 bits per heavy atom.